The Morgan fingerprint density at radius 3 is 1.08 bits per heavy atom. The summed E-state index contributed by atoms with van der Waals surface area (Å²) in [6, 6.07) is 3.36. The van der Waals surface area contributed by atoms with Crippen LogP contribution >= 0.6 is 136 Å². The van der Waals surface area contributed by atoms with Gasteiger partial charge in [-0.05, 0) is 162 Å². The number of carbonyl (C=O) groups excluding carboxylic acids is 2. The Bertz CT molecular complexity index is 1680. The third-order valence-electron chi connectivity index (χ3n) is 7.98. The minimum atomic E-state index is -1.55. The van der Waals surface area contributed by atoms with Crippen LogP contribution < -0.4 is 21.3 Å². The summed E-state index contributed by atoms with van der Waals surface area (Å²) in [6.45, 7) is -0.929. The van der Waals surface area contributed by atoms with Crippen molar-refractivity contribution in [2.75, 3.05) is 90.7 Å². The molecule has 23 nitrogen and oxygen atoms in total. The van der Waals surface area contributed by atoms with Gasteiger partial charge in [-0.1, -0.05) is 0 Å². The van der Waals surface area contributed by atoms with Crippen LogP contribution in [0, 0.1) is 21.4 Å². The minimum absolute atomic E-state index is 0.0936. The van der Waals surface area contributed by atoms with Crippen molar-refractivity contribution in [3.63, 3.8) is 0 Å². The molecule has 0 aliphatic carbocycles. The number of carboxylic acids is 2. The van der Waals surface area contributed by atoms with Gasteiger partial charge < -0.3 is 96.8 Å². The van der Waals surface area contributed by atoms with Crippen molar-refractivity contribution >= 4 is 171 Å². The monoisotopic (exact) mass is 1610 g/mol. The summed E-state index contributed by atoms with van der Waals surface area (Å²) in [7, 11) is 3.15. The zero-order valence-electron chi connectivity index (χ0n) is 34.3. The zero-order chi connectivity index (χ0) is 50.1. The van der Waals surface area contributed by atoms with Crippen LogP contribution in [0.25, 0.3) is 0 Å². The first kappa shape index (κ1) is 65.1. The molecule has 0 fully saturated rings. The van der Waals surface area contributed by atoms with Gasteiger partial charge >= 0.3 is 11.9 Å². The number of aliphatic hydroxyl groups is 10. The second kappa shape index (κ2) is 35.2. The molecule has 16 N–H and O–H groups in total. The number of benzene rings is 2. The second-order valence-corrected chi connectivity index (χ2v) is 19.8. The molecule has 0 aliphatic rings. The number of hydrogen-bond acceptors (Lipinski definition) is 19. The standard InChI is InChI=1S/C22H18I6N2O9.2C7H17NO5/c23-9-5-11(25)19(17(27)15(9)21(33)34)29-13(31)7-38-3-1-37-2-4-39-8-14(32)30-20-12(26)6-10(24)16(18(20)28)22(35)36;2*1-8-2-4(10)6(12)7(13)5(11)3-9/h5-6H,1-4,7-8H2,(H,29,31)(H,30,32)(H,33,34)(H,35,36);2*4-13H,2-3H2,1H3/t;2*4-,5+,6+,7+/m.11/s1. The van der Waals surface area contributed by atoms with Gasteiger partial charge in [0.25, 0.3) is 0 Å². The van der Waals surface area contributed by atoms with Crippen molar-refractivity contribution < 1.29 is 94.7 Å². The van der Waals surface area contributed by atoms with Gasteiger partial charge in [-0.3, -0.25) is 9.59 Å². The number of carbonyl (C=O) groups is 4. The molecule has 2 aromatic carbocycles. The van der Waals surface area contributed by atoms with Gasteiger partial charge in [-0.15, -0.1) is 0 Å². The maximum Gasteiger partial charge on any atom is 0.337 e. The summed E-state index contributed by atoms with van der Waals surface area (Å²) < 4.78 is 19.4. The molecule has 372 valence electrons. The first-order valence-corrected chi connectivity index (χ1v) is 25.0. The number of rotatable bonds is 26. The lowest BCUT2D eigenvalue weighted by Gasteiger charge is -2.25. The number of amides is 2. The van der Waals surface area contributed by atoms with Crippen LogP contribution in [-0.2, 0) is 23.8 Å². The molecule has 0 heterocycles. The van der Waals surface area contributed by atoms with Gasteiger partial charge in [0, 0.05) is 27.4 Å². The lowest BCUT2D eigenvalue weighted by molar-refractivity contribution is -0.121. The van der Waals surface area contributed by atoms with Gasteiger partial charge in [-0.25, -0.2) is 9.59 Å². The zero-order valence-corrected chi connectivity index (χ0v) is 47.3. The van der Waals surface area contributed by atoms with E-state index in [1.165, 1.54) is 0 Å². The number of anilines is 2. The fraction of sp³-hybridized carbons (Fsp3) is 0.556. The Hall–Kier alpha value is 0.100. The molecular formula is C36H52I6N4O19. The molecule has 0 bridgehead atoms. The number of aromatic carboxylic acids is 2. The van der Waals surface area contributed by atoms with Gasteiger partial charge in [0.1, 0.15) is 49.8 Å². The summed E-state index contributed by atoms with van der Waals surface area (Å²) >= 11 is 11.8. The maximum absolute atomic E-state index is 12.2. The summed E-state index contributed by atoms with van der Waals surface area (Å²) in [6.07, 6.45) is -11.3. The van der Waals surface area contributed by atoms with E-state index in [-0.39, 0.29) is 63.9 Å². The van der Waals surface area contributed by atoms with Crippen LogP contribution in [-0.4, -0.2) is 214 Å². The lowest BCUT2D eigenvalue weighted by Crippen LogP contribution is -2.48. The Balaban J connectivity index is 0.00000128. The highest BCUT2D eigenvalue weighted by molar-refractivity contribution is 14.1. The molecular weight excluding hydrogens is 1550 g/mol. The highest BCUT2D eigenvalue weighted by atomic mass is 127. The molecule has 2 rings (SSSR count). The van der Waals surface area contributed by atoms with Crippen LogP contribution in [0.1, 0.15) is 20.7 Å². The largest absolute Gasteiger partial charge is 0.478 e. The van der Waals surface area contributed by atoms with Crippen molar-refractivity contribution in [3.05, 3.63) is 44.7 Å². The molecule has 0 saturated heterocycles. The van der Waals surface area contributed by atoms with E-state index < -0.39 is 85.8 Å². The predicted octanol–water partition coefficient (Wildman–Crippen LogP) is -1.38. The van der Waals surface area contributed by atoms with Crippen LogP contribution in [0.4, 0.5) is 11.4 Å². The molecule has 0 aromatic heterocycles. The van der Waals surface area contributed by atoms with Crippen LogP contribution in [0.5, 0.6) is 0 Å². The van der Waals surface area contributed by atoms with Crippen molar-refractivity contribution in [1.82, 2.24) is 10.6 Å². The molecule has 0 unspecified atom stereocenters. The molecule has 2 aromatic rings. The fourth-order valence-corrected chi connectivity index (χ4v) is 12.8. The molecule has 65 heavy (non-hydrogen) atoms. The fourth-order valence-electron chi connectivity index (χ4n) is 4.61. The Morgan fingerprint density at radius 2 is 0.800 bits per heavy atom. The summed E-state index contributed by atoms with van der Waals surface area (Å²) in [5.41, 5.74) is 1.11. The summed E-state index contributed by atoms with van der Waals surface area (Å²) in [4.78, 5) is 47.5. The van der Waals surface area contributed by atoms with E-state index >= 15 is 0 Å². The van der Waals surface area contributed by atoms with Gasteiger partial charge in [0.05, 0.1) is 81.5 Å². The number of carboxylic acid groups (broad SMARTS) is 2. The maximum atomic E-state index is 12.2. The Labute approximate surface area is 455 Å². The highest BCUT2D eigenvalue weighted by Crippen LogP contribution is 2.33. The molecule has 0 aliphatic heterocycles. The van der Waals surface area contributed by atoms with E-state index in [2.05, 4.69) is 21.3 Å². The van der Waals surface area contributed by atoms with Crippen molar-refractivity contribution in [1.29, 1.82) is 0 Å². The number of likely N-dealkylation sites (N-methyl/N-ethyl adjacent to an activating group) is 2. The third-order valence-corrected chi connectivity index (χ3v) is 13.5. The molecule has 0 radical (unpaired) electrons. The number of ether oxygens (including phenoxy) is 3. The molecule has 8 atom stereocenters. The first-order valence-electron chi connectivity index (χ1n) is 18.5. The van der Waals surface area contributed by atoms with E-state index in [0.29, 0.717) is 32.8 Å². The smallest absolute Gasteiger partial charge is 0.337 e. The third kappa shape index (κ3) is 23.7. The molecule has 2 amide bonds. The van der Waals surface area contributed by atoms with E-state index in [4.69, 9.17) is 55.1 Å². The SMILES string of the molecule is CNC[C@@H](O)[C@H](O)[C@@H](O)[C@@H](O)CO.CNC[C@@H](O)[C@H](O)[C@@H](O)[C@@H](O)CO.O=C(COCCOCCOCC(=O)Nc1c(I)cc(I)c(C(=O)O)c1I)Nc1c(I)cc(I)c(C(=O)O)c1I. The average Bonchev–Trinajstić information content (AvgIpc) is 3.24. The number of aliphatic hydroxyl groups excluding tert-OH is 10. The van der Waals surface area contributed by atoms with Gasteiger partial charge in [0.15, 0.2) is 0 Å². The van der Waals surface area contributed by atoms with Crippen LogP contribution in [0.3, 0.4) is 0 Å². The van der Waals surface area contributed by atoms with E-state index in [0.717, 1.165) is 0 Å². The van der Waals surface area contributed by atoms with Crippen LogP contribution in [0.2, 0.25) is 0 Å². The topological polar surface area (TPSA) is 387 Å². The highest BCUT2D eigenvalue weighted by Gasteiger charge is 2.30. The minimum Gasteiger partial charge on any atom is -0.478 e. The molecule has 29 heteroatoms. The molecule has 0 spiro atoms. The number of hydrogen-bond donors (Lipinski definition) is 16. The lowest BCUT2D eigenvalue weighted by atomic mass is 10.0. The Kier molecular flexibility index (Phi) is 35.3. The molecule has 0 saturated carbocycles. The average molecular weight is 1610 g/mol. The quantitative estimate of drug-likeness (QED) is 0.0381. The normalized spacial score (nSPS) is 14.8. The van der Waals surface area contributed by atoms with Crippen molar-refractivity contribution in [3.8, 4) is 0 Å². The van der Waals surface area contributed by atoms with Gasteiger partial charge in [0.2, 0.25) is 11.8 Å². The van der Waals surface area contributed by atoms with E-state index in [9.17, 15) is 39.6 Å². The van der Waals surface area contributed by atoms with E-state index in [1.807, 2.05) is 136 Å². The second-order valence-electron chi connectivity index (χ2n) is 12.9. The van der Waals surface area contributed by atoms with Crippen molar-refractivity contribution in [2.24, 2.45) is 0 Å². The summed E-state index contributed by atoms with van der Waals surface area (Å²) in [5, 5.41) is 119. The predicted molar refractivity (Wildman–Crippen MR) is 283 cm³/mol. The number of halogens is 6. The Morgan fingerprint density at radius 1 is 0.508 bits per heavy atom. The van der Waals surface area contributed by atoms with E-state index in [1.54, 1.807) is 26.2 Å². The van der Waals surface area contributed by atoms with Crippen LogP contribution in [0.15, 0.2) is 12.1 Å². The van der Waals surface area contributed by atoms with Gasteiger partial charge in [-0.2, -0.15) is 0 Å². The number of nitrogens with one attached hydrogen (secondary N) is 4. The first-order chi connectivity index (χ1) is 30.4. The van der Waals surface area contributed by atoms with Crippen molar-refractivity contribution in [2.45, 2.75) is 48.8 Å². The summed E-state index contributed by atoms with van der Waals surface area (Å²) in [5.74, 6) is -2.99.